The van der Waals surface area contributed by atoms with Gasteiger partial charge >= 0.3 is 0 Å². The van der Waals surface area contributed by atoms with Crippen LogP contribution in [0.3, 0.4) is 0 Å². The van der Waals surface area contributed by atoms with E-state index < -0.39 is 0 Å². The van der Waals surface area contributed by atoms with Gasteiger partial charge in [-0.25, -0.2) is 0 Å². The summed E-state index contributed by atoms with van der Waals surface area (Å²) >= 11 is 3.07. The lowest BCUT2D eigenvalue weighted by molar-refractivity contribution is 0.0188. The summed E-state index contributed by atoms with van der Waals surface area (Å²) < 4.78 is 6.19. The molecule has 2 aromatic rings. The average molecular weight is 381 g/mol. The van der Waals surface area contributed by atoms with Crippen LogP contribution >= 0.6 is 23.1 Å². The summed E-state index contributed by atoms with van der Waals surface area (Å²) in [7, 11) is 0. The summed E-state index contributed by atoms with van der Waals surface area (Å²) in [5, 5.41) is 22.7. The SMILES string of the molecule is Cc1ccc(Nc2nnc(SC[C@@H](O)CN3CCOCC3)s2)c(C)c1. The van der Waals surface area contributed by atoms with Crippen LogP contribution in [-0.2, 0) is 4.74 Å². The van der Waals surface area contributed by atoms with Gasteiger partial charge < -0.3 is 15.2 Å². The van der Waals surface area contributed by atoms with Crippen LogP contribution in [-0.4, -0.2) is 64.9 Å². The second-order valence-corrected chi connectivity index (χ2v) is 8.44. The molecule has 1 aliphatic heterocycles. The second-order valence-electron chi connectivity index (χ2n) is 6.19. The van der Waals surface area contributed by atoms with Crippen molar-refractivity contribution in [3.05, 3.63) is 29.3 Å². The van der Waals surface area contributed by atoms with Gasteiger partial charge in [-0.05, 0) is 25.5 Å². The molecule has 1 aromatic heterocycles. The first-order valence-electron chi connectivity index (χ1n) is 8.39. The molecule has 6 nitrogen and oxygen atoms in total. The zero-order valence-electron chi connectivity index (χ0n) is 14.6. The van der Waals surface area contributed by atoms with E-state index in [0.717, 1.165) is 41.5 Å². The van der Waals surface area contributed by atoms with Crippen molar-refractivity contribution in [1.29, 1.82) is 0 Å². The van der Waals surface area contributed by atoms with Gasteiger partial charge in [-0.15, -0.1) is 10.2 Å². The highest BCUT2D eigenvalue weighted by Crippen LogP contribution is 2.29. The molecule has 25 heavy (non-hydrogen) atoms. The standard InChI is InChI=1S/C17H24N4O2S2/c1-12-3-4-15(13(2)9-12)18-16-19-20-17(25-16)24-11-14(22)10-21-5-7-23-8-6-21/h3-4,9,14,22H,5-8,10-11H2,1-2H3,(H,18,19)/t14-/m0/s1. The number of ether oxygens (including phenoxy) is 1. The third-order valence-corrected chi connectivity index (χ3v) is 6.12. The normalized spacial score (nSPS) is 16.8. The molecule has 1 aromatic carbocycles. The monoisotopic (exact) mass is 380 g/mol. The topological polar surface area (TPSA) is 70.5 Å². The van der Waals surface area contributed by atoms with E-state index in [-0.39, 0.29) is 6.10 Å². The van der Waals surface area contributed by atoms with Crippen LogP contribution in [0.5, 0.6) is 0 Å². The number of thioether (sulfide) groups is 1. The summed E-state index contributed by atoms with van der Waals surface area (Å²) in [5.74, 6) is 0.621. The Morgan fingerprint density at radius 2 is 2.12 bits per heavy atom. The van der Waals surface area contributed by atoms with Crippen molar-refractivity contribution in [1.82, 2.24) is 15.1 Å². The fraction of sp³-hybridized carbons (Fsp3) is 0.529. The number of aryl methyl sites for hydroxylation is 2. The molecule has 8 heteroatoms. The highest BCUT2D eigenvalue weighted by molar-refractivity contribution is 8.01. The predicted molar refractivity (Wildman–Crippen MR) is 103 cm³/mol. The summed E-state index contributed by atoms with van der Waals surface area (Å²) in [6, 6.07) is 6.28. The number of nitrogens with zero attached hydrogens (tertiary/aromatic N) is 3. The number of hydrogen-bond donors (Lipinski definition) is 2. The van der Waals surface area contributed by atoms with Crippen LogP contribution in [0, 0.1) is 13.8 Å². The molecule has 2 heterocycles. The lowest BCUT2D eigenvalue weighted by atomic mass is 10.1. The van der Waals surface area contributed by atoms with Gasteiger partial charge in [-0.2, -0.15) is 0 Å². The highest BCUT2D eigenvalue weighted by atomic mass is 32.2. The number of hydrogen-bond acceptors (Lipinski definition) is 8. The summed E-state index contributed by atoms with van der Waals surface area (Å²) in [6.07, 6.45) is -0.372. The molecule has 2 N–H and O–H groups in total. The van der Waals surface area contributed by atoms with Crippen molar-refractivity contribution >= 4 is 33.9 Å². The Morgan fingerprint density at radius 1 is 1.32 bits per heavy atom. The number of aliphatic hydroxyl groups is 1. The number of nitrogens with one attached hydrogen (secondary N) is 1. The Labute approximate surface area is 156 Å². The van der Waals surface area contributed by atoms with Crippen molar-refractivity contribution in [2.24, 2.45) is 0 Å². The molecule has 0 spiro atoms. The summed E-state index contributed by atoms with van der Waals surface area (Å²) in [5.41, 5.74) is 3.47. The Bertz CT molecular complexity index is 689. The molecular formula is C17H24N4O2S2. The van der Waals surface area contributed by atoms with Crippen LogP contribution in [0.1, 0.15) is 11.1 Å². The third kappa shape index (κ3) is 5.65. The number of benzene rings is 1. The number of morpholine rings is 1. The van der Waals surface area contributed by atoms with E-state index in [2.05, 4.69) is 52.5 Å². The molecular weight excluding hydrogens is 356 g/mol. The summed E-state index contributed by atoms with van der Waals surface area (Å²) in [4.78, 5) is 2.24. The van der Waals surface area contributed by atoms with Crippen LogP contribution in [0.2, 0.25) is 0 Å². The third-order valence-electron chi connectivity index (χ3n) is 4.00. The smallest absolute Gasteiger partial charge is 0.210 e. The van der Waals surface area contributed by atoms with Gasteiger partial charge in [0.2, 0.25) is 5.13 Å². The number of anilines is 2. The zero-order chi connectivity index (χ0) is 17.6. The first-order valence-corrected chi connectivity index (χ1v) is 10.2. The van der Waals surface area contributed by atoms with Gasteiger partial charge in [-0.3, -0.25) is 4.90 Å². The van der Waals surface area contributed by atoms with Gasteiger partial charge in [0, 0.05) is 31.1 Å². The van der Waals surface area contributed by atoms with Crippen LogP contribution < -0.4 is 5.32 Å². The zero-order valence-corrected chi connectivity index (χ0v) is 16.2. The first kappa shape index (κ1) is 18.6. The number of β-amino-alcohol motifs (C(OH)–C–C–N with tert-alkyl or cyclic N) is 1. The molecule has 0 bridgehead atoms. The maximum Gasteiger partial charge on any atom is 0.210 e. The molecule has 1 saturated heterocycles. The van der Waals surface area contributed by atoms with E-state index in [1.54, 1.807) is 11.8 Å². The first-order chi connectivity index (χ1) is 12.1. The minimum absolute atomic E-state index is 0.372. The largest absolute Gasteiger partial charge is 0.391 e. The maximum absolute atomic E-state index is 10.2. The Balaban J connectivity index is 1.48. The number of aromatic nitrogens is 2. The van der Waals surface area contributed by atoms with Crippen molar-refractivity contribution < 1.29 is 9.84 Å². The molecule has 1 aliphatic rings. The van der Waals surface area contributed by atoms with E-state index >= 15 is 0 Å². The van der Waals surface area contributed by atoms with Crippen LogP contribution in [0.25, 0.3) is 0 Å². The minimum Gasteiger partial charge on any atom is -0.391 e. The van der Waals surface area contributed by atoms with E-state index in [4.69, 9.17) is 4.74 Å². The van der Waals surface area contributed by atoms with Gasteiger partial charge in [0.05, 0.1) is 19.3 Å². The predicted octanol–water partition coefficient (Wildman–Crippen LogP) is 2.68. The van der Waals surface area contributed by atoms with Crippen LogP contribution in [0.15, 0.2) is 22.5 Å². The maximum atomic E-state index is 10.2. The second kappa shape index (κ2) is 8.95. The van der Waals surface area contributed by atoms with Gasteiger partial charge in [0.15, 0.2) is 4.34 Å². The van der Waals surface area contributed by atoms with Gasteiger partial charge in [0.25, 0.3) is 0 Å². The van der Waals surface area contributed by atoms with E-state index in [9.17, 15) is 5.11 Å². The van der Waals surface area contributed by atoms with Gasteiger partial charge in [0.1, 0.15) is 0 Å². The fourth-order valence-corrected chi connectivity index (χ4v) is 4.39. The molecule has 0 aliphatic carbocycles. The van der Waals surface area contributed by atoms with Gasteiger partial charge in [-0.1, -0.05) is 40.8 Å². The molecule has 3 rings (SSSR count). The van der Waals surface area contributed by atoms with Crippen molar-refractivity contribution in [2.45, 2.75) is 24.3 Å². The molecule has 1 atom stereocenters. The Kier molecular flexibility index (Phi) is 6.66. The molecule has 1 fully saturated rings. The minimum atomic E-state index is -0.372. The lowest BCUT2D eigenvalue weighted by Crippen LogP contribution is -2.41. The number of rotatable bonds is 7. The van der Waals surface area contributed by atoms with Crippen LogP contribution in [0.4, 0.5) is 10.8 Å². The van der Waals surface area contributed by atoms with E-state index in [1.807, 2.05) is 0 Å². The molecule has 0 radical (unpaired) electrons. The van der Waals surface area contributed by atoms with Crippen molar-refractivity contribution in [3.63, 3.8) is 0 Å². The van der Waals surface area contributed by atoms with Crippen molar-refractivity contribution in [3.8, 4) is 0 Å². The fourth-order valence-electron chi connectivity index (χ4n) is 2.69. The molecule has 0 amide bonds. The Hall–Kier alpha value is -1.19. The molecule has 0 unspecified atom stereocenters. The summed E-state index contributed by atoms with van der Waals surface area (Å²) in [6.45, 7) is 8.14. The Morgan fingerprint density at radius 3 is 2.88 bits per heavy atom. The average Bonchev–Trinajstić information content (AvgIpc) is 3.04. The lowest BCUT2D eigenvalue weighted by Gasteiger charge is -2.28. The van der Waals surface area contributed by atoms with E-state index in [0.29, 0.717) is 12.3 Å². The molecule has 0 saturated carbocycles. The van der Waals surface area contributed by atoms with Crippen molar-refractivity contribution in [2.75, 3.05) is 43.9 Å². The number of aliphatic hydroxyl groups excluding tert-OH is 1. The quantitative estimate of drug-likeness (QED) is 0.716. The van der Waals surface area contributed by atoms with E-state index in [1.165, 1.54) is 22.5 Å². The highest BCUT2D eigenvalue weighted by Gasteiger charge is 2.16. The molecule has 136 valence electrons.